The summed E-state index contributed by atoms with van der Waals surface area (Å²) < 4.78 is 5.19. The lowest BCUT2D eigenvalue weighted by atomic mass is 10.0. The van der Waals surface area contributed by atoms with Crippen molar-refractivity contribution < 1.29 is 14.6 Å². The molecule has 1 amide bonds. The van der Waals surface area contributed by atoms with Gasteiger partial charge in [0.2, 0.25) is 0 Å². The molecule has 0 fully saturated rings. The lowest BCUT2D eigenvalue weighted by Crippen LogP contribution is -2.36. The van der Waals surface area contributed by atoms with Crippen LogP contribution >= 0.6 is 11.6 Å². The minimum atomic E-state index is -0.642. The molecule has 124 valence electrons. The van der Waals surface area contributed by atoms with Crippen molar-refractivity contribution in [2.24, 2.45) is 0 Å². The monoisotopic (exact) mass is 339 g/mol. The molecule has 0 saturated heterocycles. The third kappa shape index (κ3) is 4.64. The molecule has 3 N–H and O–H groups in total. The van der Waals surface area contributed by atoms with Gasteiger partial charge in [0, 0.05) is 5.56 Å². The summed E-state index contributed by atoms with van der Waals surface area (Å²) in [6, 6.07) is 4.40. The van der Waals surface area contributed by atoms with E-state index >= 15 is 0 Å². The fraction of sp³-hybridized carbons (Fsp3) is 0.429. The molecule has 1 heterocycles. The molecule has 0 radical (unpaired) electrons. The van der Waals surface area contributed by atoms with Gasteiger partial charge in [-0.05, 0) is 48.9 Å². The minimum Gasteiger partial charge on any atom is -0.444 e. The molecule has 1 aromatic heterocycles. The number of alkyl carbamates (subject to hydrolysis) is 1. The molecule has 0 saturated carbocycles. The molecule has 9 heteroatoms. The Hall–Kier alpha value is -2.19. The van der Waals surface area contributed by atoms with Crippen molar-refractivity contribution in [1.29, 1.82) is 0 Å². The first kappa shape index (κ1) is 17.2. The van der Waals surface area contributed by atoms with E-state index in [2.05, 4.69) is 25.9 Å². The summed E-state index contributed by atoms with van der Waals surface area (Å²) in [5, 5.41) is 26.1. The molecule has 1 aromatic carbocycles. The summed E-state index contributed by atoms with van der Waals surface area (Å²) in [6.07, 6.45) is -0.616. The number of aromatic nitrogens is 4. The number of benzene rings is 1. The Labute approximate surface area is 138 Å². The highest BCUT2D eigenvalue weighted by atomic mass is 35.5. The molecular weight excluding hydrogens is 322 g/mol. The predicted molar refractivity (Wildman–Crippen MR) is 83.8 cm³/mol. The number of hydrogen-bond donors (Lipinski definition) is 3. The van der Waals surface area contributed by atoms with Crippen molar-refractivity contribution in [2.45, 2.75) is 32.4 Å². The lowest BCUT2D eigenvalue weighted by molar-refractivity contribution is 0.0482. The average molecular weight is 340 g/mol. The zero-order valence-corrected chi connectivity index (χ0v) is 13.8. The van der Waals surface area contributed by atoms with E-state index in [0.29, 0.717) is 22.0 Å². The third-order valence-corrected chi connectivity index (χ3v) is 3.20. The molecule has 1 atom stereocenters. The number of halogens is 1. The van der Waals surface area contributed by atoms with E-state index in [-0.39, 0.29) is 6.61 Å². The van der Waals surface area contributed by atoms with E-state index in [1.165, 1.54) is 0 Å². The Morgan fingerprint density at radius 1 is 1.48 bits per heavy atom. The van der Waals surface area contributed by atoms with Crippen LogP contribution in [0, 0.1) is 0 Å². The first-order valence-corrected chi connectivity index (χ1v) is 7.32. The highest BCUT2D eigenvalue weighted by molar-refractivity contribution is 6.33. The predicted octanol–water partition coefficient (Wildman–Crippen LogP) is 2.08. The van der Waals surface area contributed by atoms with Crippen LogP contribution in [0.3, 0.4) is 0 Å². The van der Waals surface area contributed by atoms with Crippen LogP contribution < -0.4 is 5.32 Å². The summed E-state index contributed by atoms with van der Waals surface area (Å²) in [4.78, 5) is 11.9. The van der Waals surface area contributed by atoms with Crippen molar-refractivity contribution in [3.05, 3.63) is 28.8 Å². The van der Waals surface area contributed by atoms with E-state index < -0.39 is 17.7 Å². The summed E-state index contributed by atoms with van der Waals surface area (Å²) in [6.45, 7) is 4.99. The van der Waals surface area contributed by atoms with Gasteiger partial charge in [-0.3, -0.25) is 0 Å². The number of H-pyrrole nitrogens is 1. The number of nitrogens with zero attached hydrogens (tertiary/aromatic N) is 3. The zero-order chi connectivity index (χ0) is 17.0. The van der Waals surface area contributed by atoms with Crippen molar-refractivity contribution in [2.75, 3.05) is 6.61 Å². The van der Waals surface area contributed by atoms with Crippen LogP contribution in [-0.4, -0.2) is 44.0 Å². The molecule has 23 heavy (non-hydrogen) atoms. The number of ether oxygens (including phenoxy) is 1. The summed E-state index contributed by atoms with van der Waals surface area (Å²) in [5.41, 5.74) is 0.591. The molecule has 0 aliphatic carbocycles. The van der Waals surface area contributed by atoms with E-state index in [4.69, 9.17) is 16.3 Å². The van der Waals surface area contributed by atoms with Crippen molar-refractivity contribution in [3.63, 3.8) is 0 Å². The van der Waals surface area contributed by atoms with Crippen molar-refractivity contribution in [1.82, 2.24) is 25.9 Å². The fourth-order valence-electron chi connectivity index (χ4n) is 1.90. The summed E-state index contributed by atoms with van der Waals surface area (Å²) in [5.74, 6) is 0.394. The van der Waals surface area contributed by atoms with Crippen LogP contribution in [-0.2, 0) is 4.74 Å². The molecule has 2 rings (SSSR count). The minimum absolute atomic E-state index is 0.297. The molecule has 0 aliphatic heterocycles. The van der Waals surface area contributed by atoms with Crippen LogP contribution in [0.5, 0.6) is 0 Å². The van der Waals surface area contributed by atoms with Gasteiger partial charge in [0.15, 0.2) is 5.82 Å². The van der Waals surface area contributed by atoms with Gasteiger partial charge in [-0.15, -0.1) is 5.10 Å². The van der Waals surface area contributed by atoms with E-state index in [1.807, 2.05) is 0 Å². The third-order valence-electron chi connectivity index (χ3n) is 2.87. The maximum Gasteiger partial charge on any atom is 0.408 e. The van der Waals surface area contributed by atoms with Gasteiger partial charge < -0.3 is 15.2 Å². The number of nitrogens with one attached hydrogen (secondary N) is 2. The van der Waals surface area contributed by atoms with Crippen LogP contribution in [0.15, 0.2) is 18.2 Å². The second-order valence-corrected chi connectivity index (χ2v) is 6.28. The molecule has 0 spiro atoms. The van der Waals surface area contributed by atoms with E-state index in [0.717, 1.165) is 0 Å². The first-order chi connectivity index (χ1) is 10.8. The maximum atomic E-state index is 11.9. The van der Waals surface area contributed by atoms with Gasteiger partial charge in [-0.1, -0.05) is 17.7 Å². The smallest absolute Gasteiger partial charge is 0.408 e. The summed E-state index contributed by atoms with van der Waals surface area (Å²) in [7, 11) is 0. The topological polar surface area (TPSA) is 113 Å². The van der Waals surface area contributed by atoms with Crippen LogP contribution in [0.4, 0.5) is 4.79 Å². The number of carbonyl (C=O) groups excluding carboxylic acids is 1. The Balaban J connectivity index is 2.22. The zero-order valence-electron chi connectivity index (χ0n) is 13.0. The number of aromatic amines is 1. The van der Waals surface area contributed by atoms with E-state index in [9.17, 15) is 9.90 Å². The number of carbonyl (C=O) groups is 1. The first-order valence-electron chi connectivity index (χ1n) is 6.94. The Morgan fingerprint density at radius 3 is 2.78 bits per heavy atom. The van der Waals surface area contributed by atoms with Crippen molar-refractivity contribution in [3.8, 4) is 11.4 Å². The number of hydrogen-bond acceptors (Lipinski definition) is 6. The number of rotatable bonds is 4. The Kier molecular flexibility index (Phi) is 5.17. The lowest BCUT2D eigenvalue weighted by Gasteiger charge is -2.23. The van der Waals surface area contributed by atoms with Crippen molar-refractivity contribution >= 4 is 17.7 Å². The number of aliphatic hydroxyl groups is 1. The van der Waals surface area contributed by atoms with Crippen LogP contribution in [0.25, 0.3) is 11.4 Å². The van der Waals surface area contributed by atoms with Crippen LogP contribution in [0.2, 0.25) is 5.02 Å². The molecule has 2 aromatic rings. The molecule has 0 bridgehead atoms. The Morgan fingerprint density at radius 2 is 2.22 bits per heavy atom. The normalized spacial score (nSPS) is 12.7. The summed E-state index contributed by atoms with van der Waals surface area (Å²) >= 11 is 6.14. The standard InChI is InChI=1S/C14H18ClN5O3/c1-14(2,3)23-13(22)16-11(7-21)8-4-5-10(15)9(6-8)12-17-19-20-18-12/h4-6,11,21H,7H2,1-3H3,(H,16,22)(H,17,18,19,20)/t11-/m1/s1. The number of aliphatic hydroxyl groups excluding tert-OH is 1. The van der Waals surface area contributed by atoms with Gasteiger partial charge in [-0.2, -0.15) is 0 Å². The molecule has 0 aliphatic rings. The highest BCUT2D eigenvalue weighted by Gasteiger charge is 2.21. The van der Waals surface area contributed by atoms with Gasteiger partial charge in [0.25, 0.3) is 0 Å². The maximum absolute atomic E-state index is 11.9. The SMILES string of the molecule is CC(C)(C)OC(=O)N[C@H](CO)c1ccc(Cl)c(-c2nnn[nH]2)c1. The van der Waals surface area contributed by atoms with Gasteiger partial charge in [0.1, 0.15) is 5.60 Å². The second kappa shape index (κ2) is 6.93. The van der Waals surface area contributed by atoms with E-state index in [1.54, 1.807) is 39.0 Å². The quantitative estimate of drug-likeness (QED) is 0.786. The molecular formula is C14H18ClN5O3. The average Bonchev–Trinajstić information content (AvgIpc) is 2.97. The fourth-order valence-corrected chi connectivity index (χ4v) is 2.11. The van der Waals surface area contributed by atoms with Gasteiger partial charge in [-0.25, -0.2) is 9.89 Å². The molecule has 8 nitrogen and oxygen atoms in total. The number of tetrazole rings is 1. The number of amides is 1. The van der Waals surface area contributed by atoms with Crippen LogP contribution in [0.1, 0.15) is 32.4 Å². The Bertz CT molecular complexity index is 670. The molecule has 0 unspecified atom stereocenters. The highest BCUT2D eigenvalue weighted by Crippen LogP contribution is 2.28. The van der Waals surface area contributed by atoms with Gasteiger partial charge in [0.05, 0.1) is 17.7 Å². The second-order valence-electron chi connectivity index (χ2n) is 5.87. The van der Waals surface area contributed by atoms with Gasteiger partial charge >= 0.3 is 6.09 Å². The largest absolute Gasteiger partial charge is 0.444 e.